The Morgan fingerprint density at radius 2 is 1.64 bits per heavy atom. The van der Waals surface area contributed by atoms with Gasteiger partial charge in [0.15, 0.2) is 0 Å². The third kappa shape index (κ3) is 3.55. The first-order valence-corrected chi connectivity index (χ1v) is 6.16. The molecule has 4 N–H and O–H groups in total. The maximum absolute atomic E-state index is 12.3. The van der Waals surface area contributed by atoms with E-state index in [1.54, 1.807) is 42.5 Å². The van der Waals surface area contributed by atoms with E-state index in [2.05, 4.69) is 0 Å². The average molecular weight is 322 g/mol. The number of methoxy groups -OCH3 is 1. The minimum Gasteiger partial charge on any atom is -0.497 e. The summed E-state index contributed by atoms with van der Waals surface area (Å²) in [7, 11) is 1.54. The van der Waals surface area contributed by atoms with Gasteiger partial charge in [-0.05, 0) is 36.4 Å². The van der Waals surface area contributed by atoms with E-state index in [0.29, 0.717) is 11.3 Å². The highest BCUT2D eigenvalue weighted by molar-refractivity contribution is 6.09. The number of rotatable bonds is 4. The molecule has 2 amide bonds. The molecule has 0 unspecified atom stereocenters. The number of hydrogen-bond acceptors (Lipinski definition) is 4. The van der Waals surface area contributed by atoms with Crippen LogP contribution in [0.5, 0.6) is 5.75 Å². The van der Waals surface area contributed by atoms with Crippen molar-refractivity contribution < 1.29 is 14.3 Å². The predicted molar refractivity (Wildman–Crippen MR) is 86.2 cm³/mol. The van der Waals surface area contributed by atoms with Crippen molar-refractivity contribution in [2.45, 2.75) is 0 Å². The van der Waals surface area contributed by atoms with Gasteiger partial charge in [0.1, 0.15) is 5.75 Å². The van der Waals surface area contributed by atoms with E-state index in [0.717, 1.165) is 5.01 Å². The van der Waals surface area contributed by atoms with Gasteiger partial charge in [0.2, 0.25) is 0 Å². The molecule has 0 radical (unpaired) electrons. The van der Waals surface area contributed by atoms with Gasteiger partial charge in [-0.15, -0.1) is 12.4 Å². The number of amides is 2. The van der Waals surface area contributed by atoms with Gasteiger partial charge in [0.05, 0.1) is 18.4 Å². The maximum Gasteiger partial charge on any atom is 0.272 e. The molecule has 0 saturated heterocycles. The summed E-state index contributed by atoms with van der Waals surface area (Å²) in [6.45, 7) is 0. The summed E-state index contributed by atoms with van der Waals surface area (Å²) in [4.78, 5) is 23.7. The summed E-state index contributed by atoms with van der Waals surface area (Å²) in [5.74, 6) is 5.35. The Morgan fingerprint density at radius 3 is 2.18 bits per heavy atom. The van der Waals surface area contributed by atoms with Crippen molar-refractivity contribution in [2.75, 3.05) is 12.1 Å². The third-order valence-electron chi connectivity index (χ3n) is 2.98. The Balaban J connectivity index is 0.00000242. The predicted octanol–water partition coefficient (Wildman–Crippen LogP) is 1.74. The highest BCUT2D eigenvalue weighted by Gasteiger charge is 2.19. The van der Waals surface area contributed by atoms with Gasteiger partial charge in [-0.1, -0.05) is 12.1 Å². The van der Waals surface area contributed by atoms with Crippen LogP contribution >= 0.6 is 12.4 Å². The molecule has 2 aromatic rings. The number of hydrogen-bond donors (Lipinski definition) is 2. The number of carbonyl (C=O) groups is 2. The topological polar surface area (TPSA) is 98.7 Å². The van der Waals surface area contributed by atoms with Crippen molar-refractivity contribution in [2.24, 2.45) is 11.6 Å². The number of nitrogens with two attached hydrogens (primary N) is 2. The number of nitrogens with zero attached hydrogens (tertiary/aromatic N) is 1. The molecule has 116 valence electrons. The molecule has 0 heterocycles. The fourth-order valence-electron chi connectivity index (χ4n) is 1.87. The Morgan fingerprint density at radius 1 is 1.05 bits per heavy atom. The van der Waals surface area contributed by atoms with Crippen LogP contribution in [-0.4, -0.2) is 18.9 Å². The number of benzene rings is 2. The number of primary amides is 1. The smallest absolute Gasteiger partial charge is 0.272 e. The molecule has 0 aliphatic rings. The van der Waals surface area contributed by atoms with Crippen molar-refractivity contribution >= 4 is 29.9 Å². The van der Waals surface area contributed by atoms with Gasteiger partial charge in [-0.3, -0.25) is 9.59 Å². The van der Waals surface area contributed by atoms with E-state index in [4.69, 9.17) is 16.3 Å². The zero-order chi connectivity index (χ0) is 15.4. The van der Waals surface area contributed by atoms with Crippen LogP contribution in [0.3, 0.4) is 0 Å². The second-order valence-electron chi connectivity index (χ2n) is 4.29. The van der Waals surface area contributed by atoms with E-state index in [-0.39, 0.29) is 23.7 Å². The van der Waals surface area contributed by atoms with Crippen LogP contribution < -0.4 is 21.3 Å². The number of para-hydroxylation sites is 1. The number of ether oxygens (including phenoxy) is 1. The Labute approximate surface area is 134 Å². The zero-order valence-corrected chi connectivity index (χ0v) is 12.7. The van der Waals surface area contributed by atoms with Crippen LogP contribution in [-0.2, 0) is 0 Å². The molecule has 0 atom stereocenters. The molecule has 0 saturated carbocycles. The summed E-state index contributed by atoms with van der Waals surface area (Å²) in [6, 6.07) is 12.9. The Bertz CT molecular complexity index is 674. The molecule has 0 spiro atoms. The Hall–Kier alpha value is -2.57. The van der Waals surface area contributed by atoms with Crippen LogP contribution in [0.25, 0.3) is 0 Å². The third-order valence-corrected chi connectivity index (χ3v) is 2.98. The second kappa shape index (κ2) is 7.44. The molecular formula is C15H16ClN3O3. The fraction of sp³-hybridized carbons (Fsp3) is 0.0667. The Kier molecular flexibility index (Phi) is 5.91. The number of hydrazine groups is 1. The van der Waals surface area contributed by atoms with Crippen molar-refractivity contribution in [1.29, 1.82) is 0 Å². The van der Waals surface area contributed by atoms with Crippen molar-refractivity contribution in [3.8, 4) is 5.75 Å². The largest absolute Gasteiger partial charge is 0.497 e. The monoisotopic (exact) mass is 321 g/mol. The fourth-order valence-corrected chi connectivity index (χ4v) is 1.87. The van der Waals surface area contributed by atoms with Crippen molar-refractivity contribution in [1.82, 2.24) is 0 Å². The lowest BCUT2D eigenvalue weighted by molar-refractivity contribution is 0.0986. The highest BCUT2D eigenvalue weighted by atomic mass is 35.5. The minimum atomic E-state index is -0.649. The quantitative estimate of drug-likeness (QED) is 0.509. The van der Waals surface area contributed by atoms with Gasteiger partial charge in [0.25, 0.3) is 11.8 Å². The second-order valence-corrected chi connectivity index (χ2v) is 4.29. The van der Waals surface area contributed by atoms with Crippen LogP contribution in [0, 0.1) is 0 Å². The molecule has 0 aliphatic heterocycles. The van der Waals surface area contributed by atoms with Gasteiger partial charge in [0, 0.05) is 5.56 Å². The zero-order valence-electron chi connectivity index (χ0n) is 11.9. The SMILES string of the molecule is COc1ccc(C(=O)N(N)c2ccccc2C(N)=O)cc1.Cl. The molecular weight excluding hydrogens is 306 g/mol. The standard InChI is InChI=1S/C15H15N3O3.ClH/c1-21-11-8-6-10(7-9-11)15(20)18(17)13-5-3-2-4-12(13)14(16)19;/h2-9H,17H2,1H3,(H2,16,19);1H. The number of anilines is 1. The summed E-state index contributed by atoms with van der Waals surface area (Å²) in [5.41, 5.74) is 6.09. The molecule has 22 heavy (non-hydrogen) atoms. The van der Waals surface area contributed by atoms with Crippen LogP contribution in [0.15, 0.2) is 48.5 Å². The van der Waals surface area contributed by atoms with Gasteiger partial charge < -0.3 is 10.5 Å². The first-order chi connectivity index (χ1) is 10.0. The van der Waals surface area contributed by atoms with E-state index in [1.807, 2.05) is 0 Å². The minimum absolute atomic E-state index is 0. The molecule has 2 aromatic carbocycles. The lowest BCUT2D eigenvalue weighted by Crippen LogP contribution is -2.38. The normalized spacial score (nSPS) is 9.55. The van der Waals surface area contributed by atoms with Gasteiger partial charge in [-0.2, -0.15) is 0 Å². The lowest BCUT2D eigenvalue weighted by Gasteiger charge is -2.19. The first-order valence-electron chi connectivity index (χ1n) is 6.16. The first kappa shape index (κ1) is 17.5. The molecule has 2 rings (SSSR count). The van der Waals surface area contributed by atoms with Gasteiger partial charge >= 0.3 is 0 Å². The van der Waals surface area contributed by atoms with E-state index >= 15 is 0 Å². The summed E-state index contributed by atoms with van der Waals surface area (Å²) >= 11 is 0. The van der Waals surface area contributed by atoms with E-state index < -0.39 is 11.8 Å². The summed E-state index contributed by atoms with van der Waals surface area (Å²) < 4.78 is 5.03. The molecule has 0 fully saturated rings. The molecule has 0 aliphatic carbocycles. The molecule has 0 bridgehead atoms. The number of carbonyl (C=O) groups excluding carboxylic acids is 2. The van der Waals surface area contributed by atoms with E-state index in [9.17, 15) is 9.59 Å². The van der Waals surface area contributed by atoms with E-state index in [1.165, 1.54) is 13.2 Å². The van der Waals surface area contributed by atoms with Crippen molar-refractivity contribution in [3.63, 3.8) is 0 Å². The average Bonchev–Trinajstić information content (AvgIpc) is 2.53. The summed E-state index contributed by atoms with van der Waals surface area (Å²) in [5, 5.41) is 0.905. The van der Waals surface area contributed by atoms with Crippen LogP contribution in [0.1, 0.15) is 20.7 Å². The van der Waals surface area contributed by atoms with Crippen molar-refractivity contribution in [3.05, 3.63) is 59.7 Å². The molecule has 7 heteroatoms. The lowest BCUT2D eigenvalue weighted by atomic mass is 10.1. The van der Waals surface area contributed by atoms with Gasteiger partial charge in [-0.25, -0.2) is 10.9 Å². The molecule has 0 aromatic heterocycles. The maximum atomic E-state index is 12.3. The highest BCUT2D eigenvalue weighted by Crippen LogP contribution is 2.20. The molecule has 6 nitrogen and oxygen atoms in total. The van der Waals surface area contributed by atoms with Crippen LogP contribution in [0.4, 0.5) is 5.69 Å². The number of halogens is 1. The summed E-state index contributed by atoms with van der Waals surface area (Å²) in [6.07, 6.45) is 0. The van der Waals surface area contributed by atoms with Crippen LogP contribution in [0.2, 0.25) is 0 Å².